The molecule has 0 saturated carbocycles. The Labute approximate surface area is 185 Å². The average Bonchev–Trinajstić information content (AvgIpc) is 2.65. The zero-order chi connectivity index (χ0) is 19.9. The van der Waals surface area contributed by atoms with Crippen molar-refractivity contribution in [3.63, 3.8) is 0 Å². The first-order chi connectivity index (χ1) is 12.8. The van der Waals surface area contributed by atoms with Crippen molar-refractivity contribution in [1.82, 2.24) is 20.0 Å². The highest BCUT2D eigenvalue weighted by Gasteiger charge is 2.41. The molecule has 2 rings (SSSR count). The highest BCUT2D eigenvalue weighted by atomic mass is 127. The number of likely N-dealkylation sites (tertiary alicyclic amines) is 1. The van der Waals surface area contributed by atoms with Crippen LogP contribution in [0.15, 0.2) is 4.99 Å². The standard InChI is InChI=1S/C19H36F3N5.HI/c1-16-8-4-6-10-25(16)11-7-5-9-24-18(23-3)27-14-12-26(13-15-27)17(2)19(20,21)22;/h16-17H,4-15H2,1-3H3,(H,23,24);1H. The monoisotopic (exact) mass is 519 g/mol. The van der Waals surface area contributed by atoms with E-state index in [0.29, 0.717) is 32.2 Å². The van der Waals surface area contributed by atoms with Gasteiger partial charge in [-0.1, -0.05) is 6.42 Å². The van der Waals surface area contributed by atoms with Crippen molar-refractivity contribution in [3.8, 4) is 0 Å². The summed E-state index contributed by atoms with van der Waals surface area (Å²) in [6, 6.07) is -0.679. The second-order valence-electron chi connectivity index (χ2n) is 7.80. The van der Waals surface area contributed by atoms with E-state index in [1.54, 1.807) is 7.05 Å². The maximum Gasteiger partial charge on any atom is 0.403 e. The van der Waals surface area contributed by atoms with Gasteiger partial charge in [-0.05, 0) is 52.6 Å². The Bertz CT molecular complexity index is 467. The Balaban J connectivity index is 0.00000392. The van der Waals surface area contributed by atoms with Gasteiger partial charge < -0.3 is 15.1 Å². The molecule has 0 aromatic rings. The van der Waals surface area contributed by atoms with Gasteiger partial charge in [-0.25, -0.2) is 0 Å². The SMILES string of the molecule is CN=C(NCCCCN1CCCCC1C)N1CCN(C(C)C(F)(F)F)CC1.I. The van der Waals surface area contributed by atoms with Crippen molar-refractivity contribution in [2.75, 3.05) is 52.9 Å². The van der Waals surface area contributed by atoms with Crippen LogP contribution in [0.1, 0.15) is 46.0 Å². The Hall–Kier alpha value is -0.290. The van der Waals surface area contributed by atoms with Crippen molar-refractivity contribution in [1.29, 1.82) is 0 Å². The maximum absolute atomic E-state index is 12.9. The number of piperazine rings is 1. The van der Waals surface area contributed by atoms with Crippen LogP contribution >= 0.6 is 24.0 Å². The highest BCUT2D eigenvalue weighted by molar-refractivity contribution is 14.0. The van der Waals surface area contributed by atoms with Gasteiger partial charge in [0, 0.05) is 45.8 Å². The maximum atomic E-state index is 12.9. The third kappa shape index (κ3) is 7.85. The van der Waals surface area contributed by atoms with E-state index in [4.69, 9.17) is 0 Å². The summed E-state index contributed by atoms with van der Waals surface area (Å²) in [5.74, 6) is 0.806. The van der Waals surface area contributed by atoms with E-state index in [-0.39, 0.29) is 24.0 Å². The number of nitrogens with one attached hydrogen (secondary N) is 1. The molecule has 2 aliphatic rings. The number of alkyl halides is 3. The number of hydrogen-bond acceptors (Lipinski definition) is 3. The van der Waals surface area contributed by atoms with Crippen LogP contribution in [0, 0.1) is 0 Å². The predicted octanol–water partition coefficient (Wildman–Crippen LogP) is 3.40. The fourth-order valence-electron chi connectivity index (χ4n) is 3.99. The normalized spacial score (nSPS) is 24.0. The van der Waals surface area contributed by atoms with Gasteiger partial charge in [0.05, 0.1) is 0 Å². The van der Waals surface area contributed by atoms with E-state index in [2.05, 4.69) is 27.0 Å². The molecule has 2 atom stereocenters. The summed E-state index contributed by atoms with van der Waals surface area (Å²) in [7, 11) is 1.74. The average molecular weight is 519 g/mol. The van der Waals surface area contributed by atoms with Crippen LogP contribution < -0.4 is 5.32 Å². The lowest BCUT2D eigenvalue weighted by Gasteiger charge is -2.39. The van der Waals surface area contributed by atoms with Crippen LogP contribution in [0.4, 0.5) is 13.2 Å². The van der Waals surface area contributed by atoms with Gasteiger partial charge in [0.25, 0.3) is 0 Å². The van der Waals surface area contributed by atoms with Crippen molar-refractivity contribution in [2.45, 2.75) is 64.2 Å². The summed E-state index contributed by atoms with van der Waals surface area (Å²) >= 11 is 0. The molecule has 1 N–H and O–H groups in total. The third-order valence-electron chi connectivity index (χ3n) is 5.94. The number of unbranched alkanes of at least 4 members (excludes halogenated alkanes) is 1. The first-order valence-electron chi connectivity index (χ1n) is 10.3. The highest BCUT2D eigenvalue weighted by Crippen LogP contribution is 2.25. The van der Waals surface area contributed by atoms with Gasteiger partial charge in [-0.15, -0.1) is 24.0 Å². The van der Waals surface area contributed by atoms with Gasteiger partial charge in [-0.3, -0.25) is 9.89 Å². The molecule has 0 aromatic heterocycles. The fraction of sp³-hybridized carbons (Fsp3) is 0.947. The van der Waals surface area contributed by atoms with Crippen LogP contribution in [-0.4, -0.2) is 91.8 Å². The molecule has 28 heavy (non-hydrogen) atoms. The zero-order valence-corrected chi connectivity index (χ0v) is 19.8. The van der Waals surface area contributed by atoms with E-state index in [1.807, 2.05) is 0 Å². The topological polar surface area (TPSA) is 34.1 Å². The second-order valence-corrected chi connectivity index (χ2v) is 7.80. The van der Waals surface area contributed by atoms with Gasteiger partial charge in [0.2, 0.25) is 0 Å². The second kappa shape index (κ2) is 12.4. The lowest BCUT2D eigenvalue weighted by Crippen LogP contribution is -2.56. The van der Waals surface area contributed by atoms with Gasteiger partial charge >= 0.3 is 6.18 Å². The van der Waals surface area contributed by atoms with Crippen molar-refractivity contribution >= 4 is 29.9 Å². The minimum absolute atomic E-state index is 0. The molecular formula is C19H37F3IN5. The molecule has 0 aromatic carbocycles. The third-order valence-corrected chi connectivity index (χ3v) is 5.94. The molecule has 2 saturated heterocycles. The first-order valence-corrected chi connectivity index (χ1v) is 10.3. The Morgan fingerprint density at radius 3 is 2.36 bits per heavy atom. The zero-order valence-electron chi connectivity index (χ0n) is 17.5. The minimum Gasteiger partial charge on any atom is -0.356 e. The summed E-state index contributed by atoms with van der Waals surface area (Å²) in [4.78, 5) is 10.5. The fourth-order valence-corrected chi connectivity index (χ4v) is 3.99. The van der Waals surface area contributed by atoms with Crippen LogP contribution in [0.5, 0.6) is 0 Å². The number of halogens is 4. The van der Waals surface area contributed by atoms with Crippen LogP contribution in [-0.2, 0) is 0 Å². The summed E-state index contributed by atoms with van der Waals surface area (Å²) < 4.78 is 38.6. The quantitative estimate of drug-likeness (QED) is 0.253. The molecule has 2 heterocycles. The summed E-state index contributed by atoms with van der Waals surface area (Å²) in [6.07, 6.45) is 2.05. The number of hydrogen-bond donors (Lipinski definition) is 1. The molecule has 2 fully saturated rings. The van der Waals surface area contributed by atoms with Crippen LogP contribution in [0.2, 0.25) is 0 Å². The van der Waals surface area contributed by atoms with Gasteiger partial charge in [-0.2, -0.15) is 13.2 Å². The van der Waals surface area contributed by atoms with E-state index >= 15 is 0 Å². The molecule has 5 nitrogen and oxygen atoms in total. The molecule has 0 radical (unpaired) electrons. The lowest BCUT2D eigenvalue weighted by molar-refractivity contribution is -0.181. The Morgan fingerprint density at radius 2 is 1.79 bits per heavy atom. The molecule has 0 bridgehead atoms. The number of piperidine rings is 1. The Kier molecular flexibility index (Phi) is 11.4. The van der Waals surface area contributed by atoms with Crippen molar-refractivity contribution in [2.24, 2.45) is 4.99 Å². The first kappa shape index (κ1) is 25.7. The predicted molar refractivity (Wildman–Crippen MR) is 120 cm³/mol. The van der Waals surface area contributed by atoms with E-state index < -0.39 is 12.2 Å². The molecule has 2 aliphatic heterocycles. The number of guanidine groups is 1. The molecule has 166 valence electrons. The number of rotatable bonds is 6. The van der Waals surface area contributed by atoms with Gasteiger partial charge in [0.1, 0.15) is 6.04 Å². The van der Waals surface area contributed by atoms with Gasteiger partial charge in [0.15, 0.2) is 5.96 Å². The van der Waals surface area contributed by atoms with Crippen LogP contribution in [0.25, 0.3) is 0 Å². The number of aliphatic imine (C=N–C) groups is 1. The molecule has 2 unspecified atom stereocenters. The summed E-state index contributed by atoms with van der Waals surface area (Å²) in [6.45, 7) is 8.75. The summed E-state index contributed by atoms with van der Waals surface area (Å²) in [5, 5.41) is 3.38. The van der Waals surface area contributed by atoms with Crippen molar-refractivity contribution < 1.29 is 13.2 Å². The van der Waals surface area contributed by atoms with Crippen LogP contribution in [0.3, 0.4) is 0 Å². The molecule has 9 heteroatoms. The van der Waals surface area contributed by atoms with E-state index in [0.717, 1.165) is 31.9 Å². The Morgan fingerprint density at radius 1 is 1.11 bits per heavy atom. The molecule has 0 amide bonds. The largest absolute Gasteiger partial charge is 0.403 e. The minimum atomic E-state index is -4.16. The van der Waals surface area contributed by atoms with E-state index in [1.165, 1.54) is 37.6 Å². The molecule has 0 spiro atoms. The van der Waals surface area contributed by atoms with E-state index in [9.17, 15) is 13.2 Å². The smallest absolute Gasteiger partial charge is 0.356 e. The summed E-state index contributed by atoms with van der Waals surface area (Å²) in [5.41, 5.74) is 0. The lowest BCUT2D eigenvalue weighted by atomic mass is 10.0. The molecular weight excluding hydrogens is 482 g/mol. The number of nitrogens with zero attached hydrogens (tertiary/aromatic N) is 4. The van der Waals surface area contributed by atoms with Crippen molar-refractivity contribution in [3.05, 3.63) is 0 Å². The molecule has 0 aliphatic carbocycles.